The van der Waals surface area contributed by atoms with Gasteiger partial charge in [0.15, 0.2) is 0 Å². The second kappa shape index (κ2) is 17.3. The van der Waals surface area contributed by atoms with Crippen molar-refractivity contribution in [3.8, 4) is 0 Å². The number of likely N-dealkylation sites (tertiary alicyclic amines) is 1. The molecule has 14 heteroatoms. The van der Waals surface area contributed by atoms with Crippen LogP contribution in [0.1, 0.15) is 65.0 Å². The van der Waals surface area contributed by atoms with Crippen molar-refractivity contribution in [1.82, 2.24) is 26.2 Å². The molecule has 0 saturated carbocycles. The van der Waals surface area contributed by atoms with Crippen LogP contribution >= 0.6 is 0 Å². The van der Waals surface area contributed by atoms with Crippen LogP contribution in [0.2, 0.25) is 0 Å². The predicted octanol–water partition coefficient (Wildman–Crippen LogP) is 3.70. The summed E-state index contributed by atoms with van der Waals surface area (Å²) in [7, 11) is 1.53. The number of alkyl halides is 3. The van der Waals surface area contributed by atoms with Gasteiger partial charge in [0, 0.05) is 26.6 Å². The third-order valence-electron chi connectivity index (χ3n) is 9.62. The first-order chi connectivity index (χ1) is 23.4. The van der Waals surface area contributed by atoms with Crippen LogP contribution < -0.4 is 21.3 Å². The van der Waals surface area contributed by atoms with Crippen LogP contribution in [-0.2, 0) is 36.8 Å². The molecule has 1 aliphatic heterocycles. The summed E-state index contributed by atoms with van der Waals surface area (Å²) in [5.41, 5.74) is 1.71. The van der Waals surface area contributed by atoms with Crippen molar-refractivity contribution in [3.05, 3.63) is 48.0 Å². The monoisotopic (exact) mass is 707 g/mol. The van der Waals surface area contributed by atoms with Crippen LogP contribution in [0.25, 0.3) is 0 Å². The van der Waals surface area contributed by atoms with E-state index in [1.807, 2.05) is 58.9 Å². The van der Waals surface area contributed by atoms with E-state index in [0.717, 1.165) is 11.1 Å². The van der Waals surface area contributed by atoms with Gasteiger partial charge in [-0.05, 0) is 60.0 Å². The molecule has 0 spiro atoms. The smallest absolute Gasteiger partial charge is 0.383 e. The maximum Gasteiger partial charge on any atom is 0.389 e. The molecule has 4 N–H and O–H groups in total. The molecule has 50 heavy (non-hydrogen) atoms. The lowest BCUT2D eigenvalue weighted by atomic mass is 9.87. The van der Waals surface area contributed by atoms with E-state index in [1.165, 1.54) is 18.1 Å². The van der Waals surface area contributed by atoms with Crippen molar-refractivity contribution in [2.24, 2.45) is 23.2 Å². The number of urea groups is 1. The summed E-state index contributed by atoms with van der Waals surface area (Å²) in [4.78, 5) is 69.0. The Labute approximate surface area is 292 Å². The number of benzene rings is 1. The van der Waals surface area contributed by atoms with Crippen LogP contribution in [0.5, 0.6) is 0 Å². The molecule has 1 aromatic rings. The average Bonchev–Trinajstić information content (AvgIpc) is 3.68. The zero-order valence-corrected chi connectivity index (χ0v) is 29.8. The van der Waals surface area contributed by atoms with E-state index in [2.05, 4.69) is 27.8 Å². The number of hydrogen-bond acceptors (Lipinski definition) is 6. The molecule has 3 rings (SSSR count). The molecule has 1 aliphatic carbocycles. The molecular formula is C36H52F3N5O6. The zero-order valence-electron chi connectivity index (χ0n) is 29.8. The summed E-state index contributed by atoms with van der Waals surface area (Å²) in [6.45, 7) is 13.3. The number of ketones is 1. The van der Waals surface area contributed by atoms with Crippen molar-refractivity contribution in [1.29, 1.82) is 0 Å². The van der Waals surface area contributed by atoms with Gasteiger partial charge in [-0.25, -0.2) is 4.79 Å². The summed E-state index contributed by atoms with van der Waals surface area (Å²) in [6.07, 6.45) is -4.21. The van der Waals surface area contributed by atoms with E-state index < -0.39 is 78.6 Å². The topological polar surface area (TPSA) is 146 Å². The second-order valence-electron chi connectivity index (χ2n) is 14.7. The van der Waals surface area contributed by atoms with Crippen LogP contribution in [0.15, 0.2) is 36.9 Å². The molecule has 0 bridgehead atoms. The number of fused-ring (bicyclic) bond motifs is 1. The largest absolute Gasteiger partial charge is 0.389 e. The van der Waals surface area contributed by atoms with Crippen LogP contribution in [0.3, 0.4) is 0 Å². The van der Waals surface area contributed by atoms with Crippen LogP contribution in [0.4, 0.5) is 18.0 Å². The van der Waals surface area contributed by atoms with E-state index in [-0.39, 0.29) is 36.9 Å². The Bertz CT molecular complexity index is 1370. The fourth-order valence-corrected chi connectivity index (χ4v) is 6.75. The summed E-state index contributed by atoms with van der Waals surface area (Å²) in [6, 6.07) is 2.77. The molecule has 0 aromatic heterocycles. The quantitative estimate of drug-likeness (QED) is 0.162. The minimum atomic E-state index is -4.65. The number of carbonyl (C=O) groups excluding carboxylic acids is 5. The van der Waals surface area contributed by atoms with Gasteiger partial charge < -0.3 is 30.9 Å². The zero-order chi connectivity index (χ0) is 37.4. The Balaban J connectivity index is 1.94. The van der Waals surface area contributed by atoms with Gasteiger partial charge >= 0.3 is 12.2 Å². The number of Topliss-reactive ketones (excluding diaryl/α,β-unsaturated/α-hetero) is 1. The van der Waals surface area contributed by atoms with E-state index in [1.54, 1.807) is 0 Å². The van der Waals surface area contributed by atoms with Gasteiger partial charge in [0.25, 0.3) is 5.91 Å². The Kier molecular flexibility index (Phi) is 14.0. The summed E-state index contributed by atoms with van der Waals surface area (Å²) < 4.78 is 45.1. The highest BCUT2D eigenvalue weighted by Gasteiger charge is 2.48. The first-order valence-electron chi connectivity index (χ1n) is 17.1. The lowest BCUT2D eigenvalue weighted by molar-refractivity contribution is -0.147. The van der Waals surface area contributed by atoms with E-state index in [0.29, 0.717) is 19.3 Å². The summed E-state index contributed by atoms with van der Waals surface area (Å²) in [5.74, 6) is -4.62. The molecule has 5 atom stereocenters. The maximum absolute atomic E-state index is 14.6. The number of rotatable bonds is 15. The van der Waals surface area contributed by atoms with Crippen LogP contribution in [0, 0.1) is 23.2 Å². The molecule has 11 nitrogen and oxygen atoms in total. The average molecular weight is 708 g/mol. The van der Waals surface area contributed by atoms with Gasteiger partial charge in [0.2, 0.25) is 17.6 Å². The van der Waals surface area contributed by atoms with Crippen molar-refractivity contribution in [2.75, 3.05) is 26.8 Å². The van der Waals surface area contributed by atoms with E-state index in [4.69, 9.17) is 4.74 Å². The molecule has 278 valence electrons. The number of methoxy groups -OCH3 is 1. The van der Waals surface area contributed by atoms with Gasteiger partial charge in [-0.15, -0.1) is 6.58 Å². The normalized spacial score (nSPS) is 19.7. The summed E-state index contributed by atoms with van der Waals surface area (Å²) in [5, 5.41) is 10.5. The van der Waals surface area contributed by atoms with Crippen molar-refractivity contribution in [2.45, 2.75) is 97.1 Å². The fraction of sp³-hybridized carbons (Fsp3) is 0.639. The highest BCUT2D eigenvalue weighted by atomic mass is 19.4. The molecule has 2 aliphatic rings. The standard InChI is InChI=1S/C36H52F3N5O6/c1-8-16-40-32(47)30(45)26(13-15-36(37,38)39)41-31(46)29-25(21(2)3)14-17-44(29)33(48)28(24-18-22-11-9-10-12-23(22)19-24)43-34(49)42-27(20-50-7)35(4,5)6/h8-12,21,24-29H,1,13-20H2,2-7H3,(H,40,47)(H,41,46)(H2,42,43,49)/t25-,26?,27-,28?,29+/m1/s1. The number of nitrogens with one attached hydrogen (secondary N) is 4. The number of nitrogens with zero attached hydrogens (tertiary/aromatic N) is 1. The lowest BCUT2D eigenvalue weighted by Crippen LogP contribution is -2.61. The molecular weight excluding hydrogens is 655 g/mol. The SMILES string of the molecule is C=CCNC(=O)C(=O)C(CCC(F)(F)F)NC(=O)[C@@H]1[C@@H](C(C)C)CCN1C(=O)C(NC(=O)N[C@H](COC)C(C)(C)C)C1Cc2ccccc2C1. The molecule has 0 radical (unpaired) electrons. The molecule has 1 heterocycles. The highest BCUT2D eigenvalue weighted by Crippen LogP contribution is 2.35. The number of carbonyl (C=O) groups is 5. The fourth-order valence-electron chi connectivity index (χ4n) is 6.75. The van der Waals surface area contributed by atoms with Gasteiger partial charge in [0.1, 0.15) is 12.1 Å². The van der Waals surface area contributed by atoms with Gasteiger partial charge in [-0.3, -0.25) is 19.2 Å². The van der Waals surface area contributed by atoms with Gasteiger partial charge in [-0.2, -0.15) is 13.2 Å². The van der Waals surface area contributed by atoms with Crippen molar-refractivity contribution in [3.63, 3.8) is 0 Å². The van der Waals surface area contributed by atoms with E-state index >= 15 is 0 Å². The van der Waals surface area contributed by atoms with Gasteiger partial charge in [-0.1, -0.05) is 65.0 Å². The number of halogens is 3. The van der Waals surface area contributed by atoms with Crippen molar-refractivity contribution < 1.29 is 41.9 Å². The minimum absolute atomic E-state index is 0.0974. The Morgan fingerprint density at radius 3 is 2.16 bits per heavy atom. The van der Waals surface area contributed by atoms with Gasteiger partial charge in [0.05, 0.1) is 18.7 Å². The molecule has 1 fully saturated rings. The third kappa shape index (κ3) is 10.8. The lowest BCUT2D eigenvalue weighted by Gasteiger charge is -2.35. The second-order valence-corrected chi connectivity index (χ2v) is 14.7. The molecule has 2 unspecified atom stereocenters. The van der Waals surface area contributed by atoms with Crippen molar-refractivity contribution >= 4 is 29.5 Å². The molecule has 1 saturated heterocycles. The number of hydrogen-bond donors (Lipinski definition) is 4. The van der Waals surface area contributed by atoms with E-state index in [9.17, 15) is 37.1 Å². The predicted molar refractivity (Wildman–Crippen MR) is 182 cm³/mol. The first kappa shape index (κ1) is 40.5. The Morgan fingerprint density at radius 2 is 1.64 bits per heavy atom. The first-order valence-corrected chi connectivity index (χ1v) is 17.1. The summed E-state index contributed by atoms with van der Waals surface area (Å²) >= 11 is 0. The molecule has 1 aromatic carbocycles. The molecule has 5 amide bonds. The highest BCUT2D eigenvalue weighted by molar-refractivity contribution is 6.38. The number of amides is 5. The minimum Gasteiger partial charge on any atom is -0.383 e. The van der Waals surface area contributed by atoms with Crippen LogP contribution in [-0.4, -0.2) is 91.6 Å². The maximum atomic E-state index is 14.6. The Hall–Kier alpha value is -3.94. The number of ether oxygens (including phenoxy) is 1. The Morgan fingerprint density at radius 1 is 1.02 bits per heavy atom. The third-order valence-corrected chi connectivity index (χ3v) is 9.62.